The minimum absolute atomic E-state index is 0.493. The third-order valence-electron chi connectivity index (χ3n) is 2.34. The van der Waals surface area contributed by atoms with Crippen molar-refractivity contribution in [2.45, 2.75) is 12.8 Å². The lowest BCUT2D eigenvalue weighted by atomic mass is 10.4. The fourth-order valence-electron chi connectivity index (χ4n) is 1.44. The minimum Gasteiger partial charge on any atom is -0.382 e. The van der Waals surface area contributed by atoms with Gasteiger partial charge in [-0.15, -0.1) is 0 Å². The van der Waals surface area contributed by atoms with Crippen molar-refractivity contribution in [2.75, 3.05) is 26.2 Å². The van der Waals surface area contributed by atoms with Gasteiger partial charge in [-0.05, 0) is 12.8 Å². The highest BCUT2D eigenvalue weighted by atomic mass is 15.2. The van der Waals surface area contributed by atoms with Gasteiger partial charge in [0.1, 0.15) is 0 Å². The van der Waals surface area contributed by atoms with E-state index >= 15 is 0 Å². The zero-order chi connectivity index (χ0) is 9.68. The van der Waals surface area contributed by atoms with Crippen molar-refractivity contribution in [1.29, 1.82) is 0 Å². The molecule has 3 heteroatoms. The van der Waals surface area contributed by atoms with E-state index in [1.807, 2.05) is 0 Å². The van der Waals surface area contributed by atoms with Crippen molar-refractivity contribution in [2.24, 2.45) is 5.73 Å². The molecule has 0 atom stereocenters. The standard InChI is InChI=1S/C10H19N3/c1-9(7-11)12-8-10(2)13-5-3-4-6-13/h12H,1-8,11H2. The lowest BCUT2D eigenvalue weighted by molar-refractivity contribution is 0.415. The predicted molar refractivity (Wildman–Crippen MR) is 56.1 cm³/mol. The van der Waals surface area contributed by atoms with Gasteiger partial charge < -0.3 is 16.0 Å². The Kier molecular flexibility index (Phi) is 3.83. The Morgan fingerprint density at radius 2 is 1.92 bits per heavy atom. The van der Waals surface area contributed by atoms with Gasteiger partial charge in [-0.25, -0.2) is 0 Å². The monoisotopic (exact) mass is 181 g/mol. The van der Waals surface area contributed by atoms with Gasteiger partial charge in [-0.2, -0.15) is 0 Å². The third-order valence-corrected chi connectivity index (χ3v) is 2.34. The molecule has 0 aliphatic carbocycles. The molecule has 1 heterocycles. The van der Waals surface area contributed by atoms with E-state index in [0.29, 0.717) is 6.54 Å². The van der Waals surface area contributed by atoms with E-state index in [9.17, 15) is 0 Å². The lowest BCUT2D eigenvalue weighted by Crippen LogP contribution is -2.28. The Hall–Kier alpha value is -0.960. The van der Waals surface area contributed by atoms with E-state index in [1.54, 1.807) is 0 Å². The van der Waals surface area contributed by atoms with E-state index in [2.05, 4.69) is 23.4 Å². The second kappa shape index (κ2) is 4.92. The number of nitrogens with two attached hydrogens (primary N) is 1. The lowest BCUT2D eigenvalue weighted by Gasteiger charge is -2.21. The summed E-state index contributed by atoms with van der Waals surface area (Å²) >= 11 is 0. The van der Waals surface area contributed by atoms with Crippen LogP contribution in [-0.2, 0) is 0 Å². The van der Waals surface area contributed by atoms with Crippen molar-refractivity contribution in [3.63, 3.8) is 0 Å². The maximum atomic E-state index is 5.41. The fourth-order valence-corrected chi connectivity index (χ4v) is 1.44. The molecule has 1 aliphatic rings. The summed E-state index contributed by atoms with van der Waals surface area (Å²) in [6.45, 7) is 11.4. The number of nitrogens with zero attached hydrogens (tertiary/aromatic N) is 1. The molecule has 74 valence electrons. The van der Waals surface area contributed by atoms with E-state index in [4.69, 9.17) is 5.73 Å². The third kappa shape index (κ3) is 3.11. The van der Waals surface area contributed by atoms with E-state index < -0.39 is 0 Å². The first-order chi connectivity index (χ1) is 6.24. The SMILES string of the molecule is C=C(CN)NCC(=C)N1CCCC1. The highest BCUT2D eigenvalue weighted by Gasteiger charge is 2.12. The topological polar surface area (TPSA) is 41.3 Å². The summed E-state index contributed by atoms with van der Waals surface area (Å²) in [6, 6.07) is 0. The van der Waals surface area contributed by atoms with Crippen molar-refractivity contribution in [3.8, 4) is 0 Å². The van der Waals surface area contributed by atoms with Crippen LogP contribution in [0.2, 0.25) is 0 Å². The summed E-state index contributed by atoms with van der Waals surface area (Å²) in [4.78, 5) is 2.32. The van der Waals surface area contributed by atoms with Crippen LogP contribution in [0.25, 0.3) is 0 Å². The molecule has 0 aromatic carbocycles. The Morgan fingerprint density at radius 3 is 2.46 bits per heavy atom. The first-order valence-electron chi connectivity index (χ1n) is 4.78. The van der Waals surface area contributed by atoms with Crippen molar-refractivity contribution in [3.05, 3.63) is 24.6 Å². The summed E-state index contributed by atoms with van der Waals surface area (Å²) in [5, 5.41) is 3.15. The van der Waals surface area contributed by atoms with Gasteiger partial charge in [0, 0.05) is 31.0 Å². The average molecular weight is 181 g/mol. The molecule has 13 heavy (non-hydrogen) atoms. The van der Waals surface area contributed by atoms with Gasteiger partial charge >= 0.3 is 0 Å². The average Bonchev–Trinajstić information content (AvgIpc) is 2.66. The Balaban J connectivity index is 2.20. The van der Waals surface area contributed by atoms with Crippen molar-refractivity contribution >= 4 is 0 Å². The second-order valence-electron chi connectivity index (χ2n) is 3.42. The molecule has 1 rings (SSSR count). The summed E-state index contributed by atoms with van der Waals surface area (Å²) in [7, 11) is 0. The molecule has 0 amide bonds. The van der Waals surface area contributed by atoms with E-state index in [0.717, 1.165) is 31.0 Å². The van der Waals surface area contributed by atoms with Crippen LogP contribution < -0.4 is 11.1 Å². The van der Waals surface area contributed by atoms with Gasteiger partial charge in [0.15, 0.2) is 0 Å². The van der Waals surface area contributed by atoms with Crippen LogP contribution in [0, 0.1) is 0 Å². The zero-order valence-corrected chi connectivity index (χ0v) is 8.18. The summed E-state index contributed by atoms with van der Waals surface area (Å²) in [5.74, 6) is 0. The molecular weight excluding hydrogens is 162 g/mol. The Bertz CT molecular complexity index is 192. The van der Waals surface area contributed by atoms with Crippen LogP contribution in [0.4, 0.5) is 0 Å². The van der Waals surface area contributed by atoms with Gasteiger partial charge in [-0.1, -0.05) is 13.2 Å². The molecule has 0 spiro atoms. The van der Waals surface area contributed by atoms with Crippen LogP contribution in [0.15, 0.2) is 24.6 Å². The molecule has 0 unspecified atom stereocenters. The van der Waals surface area contributed by atoms with Gasteiger partial charge in [0.05, 0.1) is 6.54 Å². The molecule has 3 N–H and O–H groups in total. The van der Waals surface area contributed by atoms with Crippen molar-refractivity contribution < 1.29 is 0 Å². The molecule has 0 radical (unpaired) electrons. The largest absolute Gasteiger partial charge is 0.382 e. The molecule has 0 bridgehead atoms. The number of hydrogen-bond acceptors (Lipinski definition) is 3. The van der Waals surface area contributed by atoms with E-state index in [1.165, 1.54) is 12.8 Å². The van der Waals surface area contributed by atoms with Gasteiger partial charge in [0.25, 0.3) is 0 Å². The van der Waals surface area contributed by atoms with Crippen LogP contribution in [0.1, 0.15) is 12.8 Å². The molecular formula is C10H19N3. The fraction of sp³-hybridized carbons (Fsp3) is 0.600. The van der Waals surface area contributed by atoms with Gasteiger partial charge in [-0.3, -0.25) is 0 Å². The van der Waals surface area contributed by atoms with Crippen LogP contribution >= 0.6 is 0 Å². The first kappa shape index (κ1) is 10.1. The molecule has 1 saturated heterocycles. The number of likely N-dealkylation sites (tertiary alicyclic amines) is 1. The van der Waals surface area contributed by atoms with E-state index in [-0.39, 0.29) is 0 Å². The summed E-state index contributed by atoms with van der Waals surface area (Å²) in [5.41, 5.74) is 7.43. The quantitative estimate of drug-likeness (QED) is 0.654. The number of nitrogens with one attached hydrogen (secondary N) is 1. The zero-order valence-electron chi connectivity index (χ0n) is 8.18. The molecule has 0 aromatic heterocycles. The molecule has 0 saturated carbocycles. The van der Waals surface area contributed by atoms with Crippen LogP contribution in [-0.4, -0.2) is 31.1 Å². The number of hydrogen-bond donors (Lipinski definition) is 2. The molecule has 0 aromatic rings. The summed E-state index contributed by atoms with van der Waals surface area (Å²) in [6.07, 6.45) is 2.58. The highest BCUT2D eigenvalue weighted by Crippen LogP contribution is 2.12. The Morgan fingerprint density at radius 1 is 1.31 bits per heavy atom. The normalized spacial score (nSPS) is 15.9. The second-order valence-corrected chi connectivity index (χ2v) is 3.42. The molecule has 3 nitrogen and oxygen atoms in total. The molecule has 1 fully saturated rings. The van der Waals surface area contributed by atoms with Crippen molar-refractivity contribution in [1.82, 2.24) is 10.2 Å². The minimum atomic E-state index is 0.493. The van der Waals surface area contributed by atoms with Crippen LogP contribution in [0.3, 0.4) is 0 Å². The molecule has 1 aliphatic heterocycles. The Labute approximate surface area is 80.3 Å². The maximum absolute atomic E-state index is 5.41. The maximum Gasteiger partial charge on any atom is 0.0541 e. The smallest absolute Gasteiger partial charge is 0.0541 e. The predicted octanol–water partition coefficient (Wildman–Crippen LogP) is 0.658. The van der Waals surface area contributed by atoms with Gasteiger partial charge in [0.2, 0.25) is 0 Å². The highest BCUT2D eigenvalue weighted by molar-refractivity contribution is 5.03. The number of rotatable bonds is 5. The first-order valence-corrected chi connectivity index (χ1v) is 4.78. The van der Waals surface area contributed by atoms with Crippen LogP contribution in [0.5, 0.6) is 0 Å². The summed E-state index contributed by atoms with van der Waals surface area (Å²) < 4.78 is 0.